The molecule has 2 aromatic rings. The lowest BCUT2D eigenvalue weighted by molar-refractivity contribution is 0.208. The first-order chi connectivity index (χ1) is 19.5. The lowest BCUT2D eigenvalue weighted by Crippen LogP contribution is -2.44. The van der Waals surface area contributed by atoms with Gasteiger partial charge < -0.3 is 14.8 Å². The molecule has 5 nitrogen and oxygen atoms in total. The highest BCUT2D eigenvalue weighted by molar-refractivity contribution is 5.71. The molecule has 0 amide bonds. The summed E-state index contributed by atoms with van der Waals surface area (Å²) in [6.45, 7) is 12.8. The summed E-state index contributed by atoms with van der Waals surface area (Å²) < 4.78 is 0. The second-order valence-electron chi connectivity index (χ2n) is 11.8. The topological polar surface area (TPSA) is 69.8 Å². The number of hydrogen-bond acceptors (Lipinski definition) is 4. The lowest BCUT2D eigenvalue weighted by atomic mass is 9.65. The van der Waals surface area contributed by atoms with E-state index < -0.39 is 0 Å². The molecule has 5 heteroatoms. The van der Waals surface area contributed by atoms with Gasteiger partial charge in [0.2, 0.25) is 0 Å². The Labute approximate surface area is 240 Å². The highest BCUT2D eigenvalue weighted by Gasteiger charge is 2.40. The van der Waals surface area contributed by atoms with Crippen LogP contribution in [0.1, 0.15) is 98.2 Å². The summed E-state index contributed by atoms with van der Waals surface area (Å²) in [7, 11) is 0. The van der Waals surface area contributed by atoms with Crippen molar-refractivity contribution >= 4 is 17.8 Å². The van der Waals surface area contributed by atoms with E-state index in [0.717, 1.165) is 48.3 Å². The monoisotopic (exact) mass is 533 g/mol. The van der Waals surface area contributed by atoms with E-state index in [1.165, 1.54) is 74.9 Å². The average Bonchev–Trinajstić information content (AvgIpc) is 3.69. The van der Waals surface area contributed by atoms with E-state index in [1.807, 2.05) is 31.2 Å². The van der Waals surface area contributed by atoms with Gasteiger partial charge in [0.15, 0.2) is 0 Å². The molecule has 1 aromatic heterocycles. The molecule has 1 saturated carbocycles. The Morgan fingerprint density at radius 3 is 2.40 bits per heavy atom. The Morgan fingerprint density at radius 2 is 1.77 bits per heavy atom. The maximum absolute atomic E-state index is 10.2. The minimum absolute atomic E-state index is 0.160. The van der Waals surface area contributed by atoms with Crippen molar-refractivity contribution in [2.24, 2.45) is 0 Å². The molecule has 3 aliphatic rings. The van der Waals surface area contributed by atoms with Crippen LogP contribution in [0, 0.1) is 29.6 Å². The summed E-state index contributed by atoms with van der Waals surface area (Å²) in [6.07, 6.45) is 20.5. The zero-order valence-corrected chi connectivity index (χ0v) is 24.3. The Morgan fingerprint density at radius 1 is 1.05 bits per heavy atom. The predicted molar refractivity (Wildman–Crippen MR) is 165 cm³/mol. The third kappa shape index (κ3) is 5.28. The summed E-state index contributed by atoms with van der Waals surface area (Å²) in [4.78, 5) is 8.84. The van der Waals surface area contributed by atoms with Crippen LogP contribution in [0.3, 0.4) is 0 Å². The number of rotatable bonds is 7. The second-order valence-corrected chi connectivity index (χ2v) is 11.8. The van der Waals surface area contributed by atoms with Gasteiger partial charge in [-0.05, 0) is 100 Å². The lowest BCUT2D eigenvalue weighted by Gasteiger charge is -2.41. The summed E-state index contributed by atoms with van der Waals surface area (Å²) in [5, 5.41) is 19.6. The number of H-pyrrole nitrogens is 1. The van der Waals surface area contributed by atoms with E-state index in [4.69, 9.17) is 0 Å². The fourth-order valence-electron chi connectivity index (χ4n) is 7.53. The number of piperidine rings is 1. The molecule has 2 saturated heterocycles. The minimum atomic E-state index is -0.160. The van der Waals surface area contributed by atoms with Crippen molar-refractivity contribution in [2.75, 3.05) is 31.1 Å². The van der Waals surface area contributed by atoms with Gasteiger partial charge >= 0.3 is 0 Å². The molecule has 3 fully saturated rings. The molecule has 0 atom stereocenters. The smallest absolute Gasteiger partial charge is 0.101 e. The van der Waals surface area contributed by atoms with E-state index in [0.29, 0.717) is 11.6 Å². The summed E-state index contributed by atoms with van der Waals surface area (Å²) in [6, 6.07) is 9.96. The van der Waals surface area contributed by atoms with Crippen molar-refractivity contribution in [1.82, 2.24) is 9.88 Å². The number of hydrogen-bond donors (Lipinski definition) is 1. The molecule has 0 spiro atoms. The van der Waals surface area contributed by atoms with Crippen LogP contribution >= 0.6 is 0 Å². The van der Waals surface area contributed by atoms with Gasteiger partial charge in [0, 0.05) is 47.6 Å². The average molecular weight is 534 g/mol. The molecule has 3 heterocycles. The molecule has 208 valence electrons. The highest BCUT2D eigenvalue weighted by Crippen LogP contribution is 2.49. The van der Waals surface area contributed by atoms with Crippen LogP contribution in [0.15, 0.2) is 42.6 Å². The molecular weight excluding hydrogens is 490 g/mol. The molecular formula is C35H43N5. The van der Waals surface area contributed by atoms with Crippen LogP contribution in [0.5, 0.6) is 0 Å². The maximum Gasteiger partial charge on any atom is 0.101 e. The molecule has 2 aliphatic heterocycles. The molecule has 40 heavy (non-hydrogen) atoms. The highest BCUT2D eigenvalue weighted by atomic mass is 15.2. The van der Waals surface area contributed by atoms with E-state index in [1.54, 1.807) is 0 Å². The molecule has 0 unspecified atom stereocenters. The number of aromatic nitrogens is 1. The fourth-order valence-corrected chi connectivity index (χ4v) is 7.53. The van der Waals surface area contributed by atoms with Crippen LogP contribution < -0.4 is 4.90 Å². The number of allylic oxidation sites excluding steroid dienone is 3. The van der Waals surface area contributed by atoms with Crippen molar-refractivity contribution in [3.63, 3.8) is 0 Å². The summed E-state index contributed by atoms with van der Waals surface area (Å²) in [5.41, 5.74) is 8.30. The molecule has 1 aromatic carbocycles. The zero-order valence-electron chi connectivity index (χ0n) is 24.3. The van der Waals surface area contributed by atoms with Gasteiger partial charge in [0.25, 0.3) is 0 Å². The number of nitriles is 2. The molecule has 1 N–H and O–H groups in total. The van der Waals surface area contributed by atoms with Gasteiger partial charge in [-0.1, -0.05) is 44.1 Å². The van der Waals surface area contributed by atoms with Gasteiger partial charge in [0.05, 0.1) is 17.3 Å². The van der Waals surface area contributed by atoms with Crippen molar-refractivity contribution in [1.29, 1.82) is 10.5 Å². The molecule has 1 aliphatic carbocycles. The number of nitrogens with one attached hydrogen (secondary N) is 1. The SMILES string of the molecule is C=Cc1c(/C=C\C(C#N)=C/C)c[nH]c1C1(c2cc(N3CCC(N4CCCC4)CC3)c(C#N)cc2C)CCCCC1. The van der Waals surface area contributed by atoms with E-state index in [-0.39, 0.29) is 5.41 Å². The van der Waals surface area contributed by atoms with Crippen LogP contribution in [-0.4, -0.2) is 42.1 Å². The second kappa shape index (κ2) is 12.3. The van der Waals surface area contributed by atoms with Gasteiger partial charge in [0.1, 0.15) is 6.07 Å². The number of benzene rings is 1. The largest absolute Gasteiger partial charge is 0.370 e. The third-order valence-corrected chi connectivity index (χ3v) is 9.67. The first-order valence-electron chi connectivity index (χ1n) is 15.2. The minimum Gasteiger partial charge on any atom is -0.370 e. The number of aryl methyl sites for hydroxylation is 1. The van der Waals surface area contributed by atoms with E-state index >= 15 is 0 Å². The van der Waals surface area contributed by atoms with Gasteiger partial charge in [-0.3, -0.25) is 0 Å². The number of anilines is 1. The number of nitrogens with zero attached hydrogens (tertiary/aromatic N) is 4. The third-order valence-electron chi connectivity index (χ3n) is 9.67. The van der Waals surface area contributed by atoms with Crippen molar-refractivity contribution in [3.05, 3.63) is 76.1 Å². The van der Waals surface area contributed by atoms with Crippen LogP contribution in [0.4, 0.5) is 5.69 Å². The standard InChI is InChI=1S/C35H43N5/c1-4-27(23-36)11-12-28-25-38-34(31(28)5-2)35(15-7-6-8-16-35)32-22-33(29(24-37)21-26(32)3)40-19-13-30(14-20-40)39-17-9-10-18-39/h4-5,11-12,21-22,25,30,38H,2,6-10,13-20H2,1,3H3/b12-11-,27-4+. The van der Waals surface area contributed by atoms with Crippen LogP contribution in [0.2, 0.25) is 0 Å². The Hall–Kier alpha value is -3.54. The molecule has 0 radical (unpaired) electrons. The van der Waals surface area contributed by atoms with Crippen molar-refractivity contribution in [3.8, 4) is 12.1 Å². The first-order valence-corrected chi connectivity index (χ1v) is 15.2. The fraction of sp³-hybridized carbons (Fsp3) is 0.486. The Kier molecular flexibility index (Phi) is 8.63. The van der Waals surface area contributed by atoms with Gasteiger partial charge in [-0.25, -0.2) is 0 Å². The summed E-state index contributed by atoms with van der Waals surface area (Å²) in [5.74, 6) is 0. The normalized spacial score (nSPS) is 20.5. The number of aromatic amines is 1. The van der Waals surface area contributed by atoms with Crippen molar-refractivity contribution < 1.29 is 0 Å². The predicted octanol–water partition coefficient (Wildman–Crippen LogP) is 7.64. The quantitative estimate of drug-likeness (QED) is 0.293. The van der Waals surface area contributed by atoms with Crippen LogP contribution in [0.25, 0.3) is 12.2 Å². The van der Waals surface area contributed by atoms with Crippen LogP contribution in [-0.2, 0) is 5.41 Å². The Bertz CT molecular complexity index is 1360. The first kappa shape index (κ1) is 28.0. The number of likely N-dealkylation sites (tertiary alicyclic amines) is 1. The van der Waals surface area contributed by atoms with Gasteiger partial charge in [-0.2, -0.15) is 10.5 Å². The summed E-state index contributed by atoms with van der Waals surface area (Å²) >= 11 is 0. The van der Waals surface area contributed by atoms with Gasteiger partial charge in [-0.15, -0.1) is 0 Å². The molecule has 5 rings (SSSR count). The van der Waals surface area contributed by atoms with E-state index in [9.17, 15) is 10.5 Å². The molecule has 0 bridgehead atoms. The maximum atomic E-state index is 10.2. The van der Waals surface area contributed by atoms with E-state index in [2.05, 4.69) is 58.8 Å². The van der Waals surface area contributed by atoms with Crippen molar-refractivity contribution in [2.45, 2.75) is 83.1 Å². The zero-order chi connectivity index (χ0) is 28.1. The Balaban J connectivity index is 1.54.